The highest BCUT2D eigenvalue weighted by molar-refractivity contribution is 6.18. The molecule has 3 heterocycles. The molecule has 10 rings (SSSR count). The maximum Gasteiger partial charge on any atom is 0.164 e. The van der Waals surface area contributed by atoms with Gasteiger partial charge in [0.25, 0.3) is 0 Å². The number of nitrogens with zero attached hydrogens (tertiary/aromatic N) is 4. The zero-order valence-electron chi connectivity index (χ0n) is 26.9. The summed E-state index contributed by atoms with van der Waals surface area (Å²) in [6, 6.07) is 58.6. The van der Waals surface area contributed by atoms with E-state index in [-0.39, 0.29) is 0 Å². The van der Waals surface area contributed by atoms with Gasteiger partial charge in [0.2, 0.25) is 0 Å². The maximum atomic E-state index is 6.40. The smallest absolute Gasteiger partial charge is 0.164 e. The van der Waals surface area contributed by atoms with Crippen LogP contribution in [0.2, 0.25) is 0 Å². The van der Waals surface area contributed by atoms with Crippen LogP contribution in [-0.2, 0) is 0 Å². The highest BCUT2D eigenvalue weighted by Crippen LogP contribution is 2.40. The third-order valence-electron chi connectivity index (χ3n) is 9.43. The Balaban J connectivity index is 1.21. The quantitative estimate of drug-likeness (QED) is 0.188. The Hall–Kier alpha value is -6.85. The van der Waals surface area contributed by atoms with E-state index in [0.29, 0.717) is 17.5 Å². The summed E-state index contributed by atoms with van der Waals surface area (Å²) in [4.78, 5) is 14.9. The molecule has 3 aromatic heterocycles. The molecule has 0 radical (unpaired) electrons. The van der Waals surface area contributed by atoms with Crippen molar-refractivity contribution in [2.75, 3.05) is 0 Å². The molecule has 0 bridgehead atoms. The molecule has 0 spiro atoms. The fourth-order valence-corrected chi connectivity index (χ4v) is 7.05. The van der Waals surface area contributed by atoms with Crippen molar-refractivity contribution in [2.45, 2.75) is 0 Å². The maximum absolute atomic E-state index is 6.40. The number of hydrogen-bond donors (Lipinski definition) is 0. The van der Waals surface area contributed by atoms with Crippen LogP contribution in [0.4, 0.5) is 0 Å². The zero-order chi connectivity index (χ0) is 33.0. The van der Waals surface area contributed by atoms with E-state index in [4.69, 9.17) is 19.4 Å². The summed E-state index contributed by atoms with van der Waals surface area (Å²) in [6.45, 7) is 0. The Morgan fingerprint density at radius 3 is 1.62 bits per heavy atom. The molecule has 0 aliphatic rings. The summed E-state index contributed by atoms with van der Waals surface area (Å²) < 4.78 is 8.73. The summed E-state index contributed by atoms with van der Waals surface area (Å²) >= 11 is 0. The van der Waals surface area contributed by atoms with Gasteiger partial charge < -0.3 is 8.98 Å². The first-order valence-electron chi connectivity index (χ1n) is 16.7. The third kappa shape index (κ3) is 4.67. The Labute approximate surface area is 287 Å². The van der Waals surface area contributed by atoms with Crippen molar-refractivity contribution < 1.29 is 4.42 Å². The first-order chi connectivity index (χ1) is 24.8. The first-order valence-corrected chi connectivity index (χ1v) is 16.7. The van der Waals surface area contributed by atoms with Crippen molar-refractivity contribution >= 4 is 43.7 Å². The minimum atomic E-state index is 0.617. The molecule has 10 aromatic rings. The summed E-state index contributed by atoms with van der Waals surface area (Å²) in [5.74, 6) is 1.89. The molecule has 0 aliphatic carbocycles. The number of rotatable bonds is 5. The molecule has 0 fully saturated rings. The van der Waals surface area contributed by atoms with Crippen molar-refractivity contribution in [3.8, 4) is 51.0 Å². The fourth-order valence-electron chi connectivity index (χ4n) is 7.05. The highest BCUT2D eigenvalue weighted by atomic mass is 16.3. The highest BCUT2D eigenvalue weighted by Gasteiger charge is 2.19. The molecule has 0 unspecified atom stereocenters. The molecule has 234 valence electrons. The molecule has 0 saturated heterocycles. The molecule has 7 aromatic carbocycles. The van der Waals surface area contributed by atoms with Crippen LogP contribution >= 0.6 is 0 Å². The van der Waals surface area contributed by atoms with E-state index in [1.165, 1.54) is 21.9 Å². The summed E-state index contributed by atoms with van der Waals surface area (Å²) in [5, 5.41) is 4.57. The van der Waals surface area contributed by atoms with Gasteiger partial charge in [-0.25, -0.2) is 15.0 Å². The van der Waals surface area contributed by atoms with E-state index in [2.05, 4.69) is 102 Å². The van der Waals surface area contributed by atoms with Gasteiger partial charge in [0.05, 0.1) is 11.0 Å². The summed E-state index contributed by atoms with van der Waals surface area (Å²) in [5.41, 5.74) is 10.1. The topological polar surface area (TPSA) is 56.7 Å². The van der Waals surface area contributed by atoms with Crippen molar-refractivity contribution in [1.82, 2.24) is 19.5 Å². The standard InChI is InChI=1S/C45H28N4O/c1-4-13-29(14-5-1)32-23-24-39-36(26-32)37-27-38-35-21-10-11-22-41(35)50-42(38)28-40(37)49(39)34-20-12-19-33(25-34)45-47-43(30-15-6-2-7-16-30)46-44(48-45)31-17-8-3-9-18-31/h1-28H. The minimum absolute atomic E-state index is 0.617. The number of benzene rings is 7. The Morgan fingerprint density at radius 1 is 0.340 bits per heavy atom. The van der Waals surface area contributed by atoms with Gasteiger partial charge in [-0.3, -0.25) is 0 Å². The molecule has 0 saturated carbocycles. The number of para-hydroxylation sites is 1. The van der Waals surface area contributed by atoms with Gasteiger partial charge in [-0.1, -0.05) is 127 Å². The Bertz CT molecular complexity index is 2800. The molecule has 5 heteroatoms. The largest absolute Gasteiger partial charge is 0.456 e. The lowest BCUT2D eigenvalue weighted by molar-refractivity contribution is 0.669. The van der Waals surface area contributed by atoms with E-state index in [1.54, 1.807) is 0 Å². The lowest BCUT2D eigenvalue weighted by Gasteiger charge is -2.12. The van der Waals surface area contributed by atoms with Crippen LogP contribution in [0.3, 0.4) is 0 Å². The molecule has 0 amide bonds. The predicted molar refractivity (Wildman–Crippen MR) is 203 cm³/mol. The first kappa shape index (κ1) is 28.2. The van der Waals surface area contributed by atoms with Gasteiger partial charge in [0.1, 0.15) is 11.2 Å². The van der Waals surface area contributed by atoms with Gasteiger partial charge in [-0.2, -0.15) is 0 Å². The summed E-state index contributed by atoms with van der Waals surface area (Å²) in [6.07, 6.45) is 0. The van der Waals surface area contributed by atoms with E-state index in [9.17, 15) is 0 Å². The monoisotopic (exact) mass is 640 g/mol. The predicted octanol–water partition coefficient (Wildman–Crippen LogP) is 11.5. The van der Waals surface area contributed by atoms with Crippen LogP contribution in [-0.4, -0.2) is 19.5 Å². The second-order valence-corrected chi connectivity index (χ2v) is 12.5. The third-order valence-corrected chi connectivity index (χ3v) is 9.43. The second kappa shape index (κ2) is 11.4. The molecule has 0 aliphatic heterocycles. The van der Waals surface area contributed by atoms with Crippen LogP contribution < -0.4 is 0 Å². The number of fused-ring (bicyclic) bond motifs is 6. The minimum Gasteiger partial charge on any atom is -0.456 e. The van der Waals surface area contributed by atoms with Crippen LogP contribution in [0.15, 0.2) is 174 Å². The van der Waals surface area contributed by atoms with Crippen molar-refractivity contribution in [3.63, 3.8) is 0 Å². The van der Waals surface area contributed by atoms with Gasteiger partial charge in [-0.05, 0) is 47.5 Å². The van der Waals surface area contributed by atoms with Crippen molar-refractivity contribution in [2.24, 2.45) is 0 Å². The molecule has 5 nitrogen and oxygen atoms in total. The lowest BCUT2D eigenvalue weighted by atomic mass is 10.0. The summed E-state index contributed by atoms with van der Waals surface area (Å²) in [7, 11) is 0. The zero-order valence-corrected chi connectivity index (χ0v) is 26.9. The molecule has 0 atom stereocenters. The number of hydrogen-bond acceptors (Lipinski definition) is 4. The normalized spacial score (nSPS) is 11.6. The van der Waals surface area contributed by atoms with Crippen LogP contribution in [0.5, 0.6) is 0 Å². The fraction of sp³-hybridized carbons (Fsp3) is 0. The van der Waals surface area contributed by atoms with E-state index >= 15 is 0 Å². The second-order valence-electron chi connectivity index (χ2n) is 12.5. The Morgan fingerprint density at radius 2 is 0.920 bits per heavy atom. The van der Waals surface area contributed by atoms with E-state index in [1.807, 2.05) is 72.8 Å². The van der Waals surface area contributed by atoms with Gasteiger partial charge in [0, 0.05) is 50.0 Å². The van der Waals surface area contributed by atoms with Crippen LogP contribution in [0, 0.1) is 0 Å². The van der Waals surface area contributed by atoms with Crippen LogP contribution in [0.25, 0.3) is 94.7 Å². The van der Waals surface area contributed by atoms with Gasteiger partial charge in [0.15, 0.2) is 17.5 Å². The number of furan rings is 1. The van der Waals surface area contributed by atoms with Gasteiger partial charge >= 0.3 is 0 Å². The van der Waals surface area contributed by atoms with Crippen LogP contribution in [0.1, 0.15) is 0 Å². The average Bonchev–Trinajstić information content (AvgIpc) is 3.72. The lowest BCUT2D eigenvalue weighted by Crippen LogP contribution is -2.01. The van der Waals surface area contributed by atoms with E-state index in [0.717, 1.165) is 55.3 Å². The van der Waals surface area contributed by atoms with Gasteiger partial charge in [-0.15, -0.1) is 0 Å². The average molecular weight is 641 g/mol. The van der Waals surface area contributed by atoms with E-state index < -0.39 is 0 Å². The van der Waals surface area contributed by atoms with Crippen molar-refractivity contribution in [3.05, 3.63) is 170 Å². The SMILES string of the molecule is c1ccc(-c2ccc3c(c2)c2cc4c(cc2n3-c2cccc(-c3nc(-c5ccccc5)nc(-c5ccccc5)n3)c2)oc2ccccc24)cc1. The Kier molecular flexibility index (Phi) is 6.42. The number of aromatic nitrogens is 4. The molecule has 50 heavy (non-hydrogen) atoms. The molecular weight excluding hydrogens is 613 g/mol. The van der Waals surface area contributed by atoms with Crippen molar-refractivity contribution in [1.29, 1.82) is 0 Å². The molecular formula is C45H28N4O. The molecule has 0 N–H and O–H groups in total.